The molecular formula is C27H26FN3O4S. The van der Waals surface area contributed by atoms with Crippen LogP contribution in [0.3, 0.4) is 0 Å². The van der Waals surface area contributed by atoms with Gasteiger partial charge in [0.05, 0.1) is 10.9 Å². The van der Waals surface area contributed by atoms with Crippen molar-refractivity contribution in [3.05, 3.63) is 95.6 Å². The zero-order chi connectivity index (χ0) is 25.3. The first-order valence-corrected chi connectivity index (χ1v) is 13.3. The number of amides is 1. The highest BCUT2D eigenvalue weighted by atomic mass is 32.2. The van der Waals surface area contributed by atoms with Gasteiger partial charge in [-0.2, -0.15) is 0 Å². The molecule has 0 unspecified atom stereocenters. The number of carbonyl (C=O) groups excluding carboxylic acids is 2. The van der Waals surface area contributed by atoms with Gasteiger partial charge in [0.15, 0.2) is 5.78 Å². The van der Waals surface area contributed by atoms with Crippen molar-refractivity contribution < 1.29 is 22.4 Å². The van der Waals surface area contributed by atoms with Gasteiger partial charge in [0.25, 0.3) is 5.91 Å². The number of hydrogen-bond donors (Lipinski definition) is 2. The molecule has 0 saturated heterocycles. The third-order valence-electron chi connectivity index (χ3n) is 6.94. The lowest BCUT2D eigenvalue weighted by Crippen LogP contribution is -2.67. The molecule has 3 aliphatic carbocycles. The molecule has 186 valence electrons. The first kappa shape index (κ1) is 24.3. The van der Waals surface area contributed by atoms with Crippen LogP contribution >= 0.6 is 0 Å². The van der Waals surface area contributed by atoms with E-state index in [0.717, 1.165) is 19.3 Å². The second-order valence-corrected chi connectivity index (χ2v) is 11.4. The Morgan fingerprint density at radius 2 is 1.69 bits per heavy atom. The molecule has 2 aromatic carbocycles. The van der Waals surface area contributed by atoms with E-state index in [0.29, 0.717) is 17.2 Å². The van der Waals surface area contributed by atoms with Crippen LogP contribution in [-0.4, -0.2) is 36.7 Å². The number of hydrogen-bond acceptors (Lipinski definition) is 5. The van der Waals surface area contributed by atoms with E-state index in [4.69, 9.17) is 0 Å². The van der Waals surface area contributed by atoms with E-state index < -0.39 is 27.8 Å². The maximum atomic E-state index is 13.2. The van der Waals surface area contributed by atoms with E-state index >= 15 is 0 Å². The van der Waals surface area contributed by atoms with Crippen molar-refractivity contribution in [1.82, 2.24) is 15.0 Å². The molecule has 36 heavy (non-hydrogen) atoms. The molecule has 0 spiro atoms. The van der Waals surface area contributed by atoms with Crippen LogP contribution in [0.15, 0.2) is 77.8 Å². The van der Waals surface area contributed by atoms with Gasteiger partial charge in [-0.05, 0) is 79.3 Å². The summed E-state index contributed by atoms with van der Waals surface area (Å²) in [5.74, 6) is -0.551. The number of sulfonamides is 1. The molecule has 2 bridgehead atoms. The minimum Gasteiger partial charge on any atom is -0.342 e. The Bertz CT molecular complexity index is 1360. The Labute approximate surface area is 209 Å². The molecule has 3 aliphatic rings. The molecule has 3 fully saturated rings. The van der Waals surface area contributed by atoms with Gasteiger partial charge < -0.3 is 5.32 Å². The van der Waals surface area contributed by atoms with Gasteiger partial charge in [-0.3, -0.25) is 14.6 Å². The van der Waals surface area contributed by atoms with Crippen LogP contribution in [0, 0.1) is 11.7 Å². The van der Waals surface area contributed by atoms with Crippen molar-refractivity contribution >= 4 is 21.7 Å². The molecule has 2 N–H and O–H groups in total. The third-order valence-corrected chi connectivity index (χ3v) is 8.54. The average Bonchev–Trinajstić information content (AvgIpc) is 2.82. The van der Waals surface area contributed by atoms with Crippen LogP contribution in [0.25, 0.3) is 0 Å². The zero-order valence-electron chi connectivity index (χ0n) is 19.5. The Morgan fingerprint density at radius 1 is 1.00 bits per heavy atom. The predicted octanol–water partition coefficient (Wildman–Crippen LogP) is 3.20. The lowest BCUT2D eigenvalue weighted by molar-refractivity contribution is -0.120. The van der Waals surface area contributed by atoms with Crippen molar-refractivity contribution in [2.45, 2.75) is 48.6 Å². The summed E-state index contributed by atoms with van der Waals surface area (Å²) in [4.78, 5) is 30.4. The maximum absolute atomic E-state index is 13.2. The third kappa shape index (κ3) is 5.22. The number of benzene rings is 2. The molecule has 6 rings (SSSR count). The molecule has 3 saturated carbocycles. The summed E-state index contributed by atoms with van der Waals surface area (Å²) in [5.41, 5.74) is 1.24. The van der Waals surface area contributed by atoms with Gasteiger partial charge in [0, 0.05) is 35.8 Å². The fourth-order valence-electron chi connectivity index (χ4n) is 4.87. The molecule has 0 aliphatic heterocycles. The topological polar surface area (TPSA) is 105 Å². The first-order chi connectivity index (χ1) is 17.2. The Balaban J connectivity index is 1.28. The van der Waals surface area contributed by atoms with E-state index in [-0.39, 0.29) is 34.6 Å². The smallest absolute Gasteiger partial charge is 0.251 e. The minimum absolute atomic E-state index is 0.000567. The summed E-state index contributed by atoms with van der Waals surface area (Å²) < 4.78 is 41.5. The second-order valence-electron chi connectivity index (χ2n) is 9.71. The number of ketones is 1. The molecule has 7 nitrogen and oxygen atoms in total. The number of aromatic nitrogens is 1. The number of nitrogens with one attached hydrogen (secondary N) is 2. The molecule has 3 aromatic rings. The van der Waals surface area contributed by atoms with Crippen molar-refractivity contribution in [2.75, 3.05) is 0 Å². The number of nitrogens with zero attached hydrogens (tertiary/aromatic N) is 1. The van der Waals surface area contributed by atoms with Gasteiger partial charge in [0.1, 0.15) is 5.82 Å². The van der Waals surface area contributed by atoms with Gasteiger partial charge in [-0.25, -0.2) is 17.5 Å². The lowest BCUT2D eigenvalue weighted by atomic mass is 9.50. The lowest BCUT2D eigenvalue weighted by Gasteiger charge is -2.61. The average molecular weight is 508 g/mol. The summed E-state index contributed by atoms with van der Waals surface area (Å²) in [6.07, 6.45) is 4.51. The predicted molar refractivity (Wildman–Crippen MR) is 131 cm³/mol. The molecule has 1 atom stereocenters. The molecule has 1 aromatic heterocycles. The highest BCUT2D eigenvalue weighted by molar-refractivity contribution is 7.89. The highest BCUT2D eigenvalue weighted by Crippen LogP contribution is 2.57. The first-order valence-electron chi connectivity index (χ1n) is 11.8. The quantitative estimate of drug-likeness (QED) is 0.439. The van der Waals surface area contributed by atoms with Gasteiger partial charge >= 0.3 is 0 Å². The fourth-order valence-corrected chi connectivity index (χ4v) is 6.31. The van der Waals surface area contributed by atoms with Crippen LogP contribution < -0.4 is 10.0 Å². The summed E-state index contributed by atoms with van der Waals surface area (Å²) in [6, 6.07) is 15.8. The van der Waals surface area contributed by atoms with Crippen molar-refractivity contribution in [2.24, 2.45) is 5.92 Å². The second kappa shape index (κ2) is 9.55. The largest absolute Gasteiger partial charge is 0.342 e. The standard InChI is InChI=1S/C27H26FN3O4S/c28-21-8-6-20(7-9-21)26(33)30-24(14-22-3-1-2-12-29-22)25(32)13-18-4-10-23(11-5-18)36(34,35)31-27-15-19(16-27)17-27/h1-12,19,24,31H,13-17H2,(H,30,33)/t19?,24-,27?/m0/s1. The van der Waals surface area contributed by atoms with Crippen molar-refractivity contribution in [3.8, 4) is 0 Å². The minimum atomic E-state index is -3.62. The van der Waals surface area contributed by atoms with Crippen LogP contribution in [0.5, 0.6) is 0 Å². The van der Waals surface area contributed by atoms with Gasteiger partial charge in [-0.15, -0.1) is 0 Å². The number of rotatable bonds is 10. The Kier molecular flexibility index (Phi) is 6.44. The van der Waals surface area contributed by atoms with Crippen molar-refractivity contribution in [1.29, 1.82) is 0 Å². The van der Waals surface area contributed by atoms with Gasteiger partial charge in [0.2, 0.25) is 10.0 Å². The number of pyridine rings is 1. The van der Waals surface area contributed by atoms with Crippen LogP contribution in [0.4, 0.5) is 4.39 Å². The summed E-state index contributed by atoms with van der Waals surface area (Å²) >= 11 is 0. The zero-order valence-corrected chi connectivity index (χ0v) is 20.3. The SMILES string of the molecule is O=C(N[C@@H](Cc1ccccn1)C(=O)Cc1ccc(S(=O)(=O)NC23CC(C2)C3)cc1)c1ccc(F)cc1. The monoisotopic (exact) mass is 507 g/mol. The summed E-state index contributed by atoms with van der Waals surface area (Å²) in [7, 11) is -3.62. The Morgan fingerprint density at radius 3 is 2.28 bits per heavy atom. The normalized spacial score (nSPS) is 21.1. The van der Waals surface area contributed by atoms with Crippen LogP contribution in [0.1, 0.15) is 40.9 Å². The van der Waals surface area contributed by atoms with E-state index in [2.05, 4.69) is 15.0 Å². The number of halogens is 1. The molecule has 9 heteroatoms. The molecular weight excluding hydrogens is 481 g/mol. The fraction of sp³-hybridized carbons (Fsp3) is 0.296. The van der Waals surface area contributed by atoms with E-state index in [1.807, 2.05) is 0 Å². The van der Waals surface area contributed by atoms with Crippen molar-refractivity contribution in [3.63, 3.8) is 0 Å². The number of carbonyl (C=O) groups is 2. The molecule has 1 amide bonds. The number of Topliss-reactive ketones (excluding diaryl/α,β-unsaturated/α-hetero) is 1. The van der Waals surface area contributed by atoms with Gasteiger partial charge in [-0.1, -0.05) is 18.2 Å². The summed E-state index contributed by atoms with van der Waals surface area (Å²) in [6.45, 7) is 0. The van der Waals surface area contributed by atoms with E-state index in [9.17, 15) is 22.4 Å². The Hall–Kier alpha value is -3.43. The van der Waals surface area contributed by atoms with E-state index in [1.165, 1.54) is 36.4 Å². The molecule has 1 heterocycles. The molecule has 0 radical (unpaired) electrons. The van der Waals surface area contributed by atoms with Crippen LogP contribution in [-0.2, 0) is 27.7 Å². The van der Waals surface area contributed by atoms with Crippen LogP contribution in [0.2, 0.25) is 0 Å². The maximum Gasteiger partial charge on any atom is 0.251 e. The summed E-state index contributed by atoms with van der Waals surface area (Å²) in [5, 5.41) is 2.74. The highest BCUT2D eigenvalue weighted by Gasteiger charge is 2.58. The van der Waals surface area contributed by atoms with E-state index in [1.54, 1.807) is 36.5 Å².